The van der Waals surface area contributed by atoms with Gasteiger partial charge in [0.2, 0.25) is 0 Å². The smallest absolute Gasteiger partial charge is 0.251 e. The van der Waals surface area contributed by atoms with Crippen molar-refractivity contribution in [2.45, 2.75) is 6.42 Å². The van der Waals surface area contributed by atoms with Crippen molar-refractivity contribution < 1.29 is 20.1 Å². The van der Waals surface area contributed by atoms with E-state index in [1.807, 2.05) is 0 Å². The molecule has 0 radical (unpaired) electrons. The minimum Gasteiger partial charge on any atom is -0.504 e. The molecule has 1 aromatic rings. The number of nitrogens with two attached hydrogens (primary N) is 1. The second-order valence-corrected chi connectivity index (χ2v) is 3.26. The van der Waals surface area contributed by atoms with Crippen molar-refractivity contribution in [1.82, 2.24) is 5.32 Å². The minimum absolute atomic E-state index is 0.0739. The highest BCUT2D eigenvalue weighted by Gasteiger charge is 2.12. The third kappa shape index (κ3) is 2.77. The van der Waals surface area contributed by atoms with Gasteiger partial charge in [0.1, 0.15) is 0 Å². The van der Waals surface area contributed by atoms with Gasteiger partial charge in [-0.15, -0.1) is 0 Å². The average molecular weight is 226 g/mol. The number of hydrogen-bond donors (Lipinski definition) is 5. The van der Waals surface area contributed by atoms with Crippen molar-refractivity contribution in [3.8, 4) is 17.2 Å². The monoisotopic (exact) mass is 226 g/mol. The lowest BCUT2D eigenvalue weighted by molar-refractivity contribution is 0.0952. The summed E-state index contributed by atoms with van der Waals surface area (Å²) in [5.41, 5.74) is 5.33. The molecule has 0 aliphatic carbocycles. The van der Waals surface area contributed by atoms with Gasteiger partial charge in [-0.1, -0.05) is 0 Å². The molecule has 1 amide bonds. The summed E-state index contributed by atoms with van der Waals surface area (Å²) in [4.78, 5) is 11.5. The van der Waals surface area contributed by atoms with E-state index in [1.165, 1.54) is 0 Å². The molecule has 0 saturated carbocycles. The van der Waals surface area contributed by atoms with Crippen LogP contribution in [0.5, 0.6) is 17.2 Å². The molecule has 0 fully saturated rings. The molecule has 0 aliphatic rings. The SMILES string of the molecule is NCCCNC(=O)c1cc(O)c(O)c(O)c1. The molecule has 0 unspecified atom stereocenters. The van der Waals surface area contributed by atoms with E-state index in [-0.39, 0.29) is 5.56 Å². The van der Waals surface area contributed by atoms with Crippen molar-refractivity contribution >= 4 is 5.91 Å². The van der Waals surface area contributed by atoms with Gasteiger partial charge in [-0.3, -0.25) is 4.79 Å². The zero-order valence-electron chi connectivity index (χ0n) is 8.60. The van der Waals surface area contributed by atoms with Gasteiger partial charge in [-0.05, 0) is 25.1 Å². The summed E-state index contributed by atoms with van der Waals surface area (Å²) in [7, 11) is 0. The van der Waals surface area contributed by atoms with Crippen LogP contribution in [0.1, 0.15) is 16.8 Å². The molecule has 0 heterocycles. The zero-order valence-corrected chi connectivity index (χ0v) is 8.60. The lowest BCUT2D eigenvalue weighted by Gasteiger charge is -2.06. The standard InChI is InChI=1S/C10H14N2O4/c11-2-1-3-12-10(16)6-4-7(13)9(15)8(14)5-6/h4-5,13-15H,1-3,11H2,(H,12,16). The van der Waals surface area contributed by atoms with Crippen LogP contribution in [0.4, 0.5) is 0 Å². The number of phenols is 3. The highest BCUT2D eigenvalue weighted by molar-refractivity contribution is 5.95. The Morgan fingerprint density at radius 1 is 1.25 bits per heavy atom. The quantitative estimate of drug-likeness (QED) is 0.362. The zero-order chi connectivity index (χ0) is 12.1. The van der Waals surface area contributed by atoms with E-state index >= 15 is 0 Å². The Bertz CT molecular complexity index is 369. The Kier molecular flexibility index (Phi) is 3.96. The van der Waals surface area contributed by atoms with Crippen LogP contribution in [0, 0.1) is 0 Å². The molecule has 6 heteroatoms. The summed E-state index contributed by atoms with van der Waals surface area (Å²) in [6, 6.07) is 2.15. The van der Waals surface area contributed by atoms with Crippen molar-refractivity contribution in [3.05, 3.63) is 17.7 Å². The first kappa shape index (κ1) is 12.1. The number of carbonyl (C=O) groups is 1. The summed E-state index contributed by atoms with van der Waals surface area (Å²) < 4.78 is 0. The third-order valence-corrected chi connectivity index (χ3v) is 2.00. The Labute approximate surface area is 92.3 Å². The van der Waals surface area contributed by atoms with Crippen LogP contribution < -0.4 is 11.1 Å². The molecule has 6 N–H and O–H groups in total. The molecular weight excluding hydrogens is 212 g/mol. The molecular formula is C10H14N2O4. The molecule has 88 valence electrons. The van der Waals surface area contributed by atoms with Gasteiger partial charge in [-0.25, -0.2) is 0 Å². The van der Waals surface area contributed by atoms with E-state index in [0.717, 1.165) is 12.1 Å². The highest BCUT2D eigenvalue weighted by atomic mass is 16.3. The minimum atomic E-state index is -0.640. The van der Waals surface area contributed by atoms with Crippen LogP contribution in [0.25, 0.3) is 0 Å². The lowest BCUT2D eigenvalue weighted by Crippen LogP contribution is -2.25. The topological polar surface area (TPSA) is 116 Å². The van der Waals surface area contributed by atoms with Gasteiger partial charge in [-0.2, -0.15) is 0 Å². The number of rotatable bonds is 4. The summed E-state index contributed by atoms with van der Waals surface area (Å²) in [6.45, 7) is 0.879. The average Bonchev–Trinajstić information content (AvgIpc) is 2.25. The Balaban J connectivity index is 2.76. The number of carbonyl (C=O) groups excluding carboxylic acids is 1. The van der Waals surface area contributed by atoms with Gasteiger partial charge in [0.25, 0.3) is 5.91 Å². The van der Waals surface area contributed by atoms with E-state index in [9.17, 15) is 15.0 Å². The number of phenolic OH excluding ortho intramolecular Hbond substituents is 3. The van der Waals surface area contributed by atoms with Crippen LogP contribution in [0.2, 0.25) is 0 Å². The molecule has 1 rings (SSSR count). The van der Waals surface area contributed by atoms with E-state index in [2.05, 4.69) is 5.32 Å². The normalized spacial score (nSPS) is 10.1. The molecule has 16 heavy (non-hydrogen) atoms. The summed E-state index contributed by atoms with van der Waals surface area (Å²) in [5.74, 6) is -2.16. The molecule has 0 saturated heterocycles. The van der Waals surface area contributed by atoms with Gasteiger partial charge in [0, 0.05) is 12.1 Å². The molecule has 0 spiro atoms. The van der Waals surface area contributed by atoms with E-state index in [1.54, 1.807) is 0 Å². The third-order valence-electron chi connectivity index (χ3n) is 2.00. The van der Waals surface area contributed by atoms with Crippen LogP contribution in [-0.2, 0) is 0 Å². The molecule has 0 aromatic heterocycles. The summed E-state index contributed by atoms with van der Waals surface area (Å²) >= 11 is 0. The fourth-order valence-electron chi connectivity index (χ4n) is 1.14. The molecule has 0 atom stereocenters. The molecule has 6 nitrogen and oxygen atoms in total. The van der Waals surface area contributed by atoms with E-state index in [0.29, 0.717) is 19.5 Å². The Morgan fingerprint density at radius 3 is 2.31 bits per heavy atom. The number of nitrogens with one attached hydrogen (secondary N) is 1. The first-order valence-corrected chi connectivity index (χ1v) is 4.79. The van der Waals surface area contributed by atoms with Crippen LogP contribution in [0.3, 0.4) is 0 Å². The van der Waals surface area contributed by atoms with Crippen molar-refractivity contribution in [3.63, 3.8) is 0 Å². The maximum atomic E-state index is 11.5. The predicted molar refractivity (Wildman–Crippen MR) is 57.4 cm³/mol. The van der Waals surface area contributed by atoms with Crippen LogP contribution in [-0.4, -0.2) is 34.3 Å². The number of hydrogen-bond acceptors (Lipinski definition) is 5. The highest BCUT2D eigenvalue weighted by Crippen LogP contribution is 2.35. The summed E-state index contributed by atoms with van der Waals surface area (Å²) in [6.07, 6.45) is 0.641. The van der Waals surface area contributed by atoms with Gasteiger partial charge < -0.3 is 26.4 Å². The van der Waals surface area contributed by atoms with Gasteiger partial charge in [0.05, 0.1) is 0 Å². The Morgan fingerprint density at radius 2 is 1.81 bits per heavy atom. The molecule has 1 aromatic carbocycles. The van der Waals surface area contributed by atoms with Crippen LogP contribution in [0.15, 0.2) is 12.1 Å². The maximum absolute atomic E-state index is 11.5. The van der Waals surface area contributed by atoms with E-state index in [4.69, 9.17) is 10.8 Å². The van der Waals surface area contributed by atoms with Gasteiger partial charge in [0.15, 0.2) is 17.2 Å². The fraction of sp³-hybridized carbons (Fsp3) is 0.300. The lowest BCUT2D eigenvalue weighted by atomic mass is 10.1. The van der Waals surface area contributed by atoms with Gasteiger partial charge >= 0.3 is 0 Å². The summed E-state index contributed by atoms with van der Waals surface area (Å²) in [5, 5.41) is 30.0. The Hall–Kier alpha value is -1.95. The first-order valence-electron chi connectivity index (χ1n) is 4.79. The van der Waals surface area contributed by atoms with Crippen molar-refractivity contribution in [1.29, 1.82) is 0 Å². The number of benzene rings is 1. The largest absolute Gasteiger partial charge is 0.504 e. The predicted octanol–water partition coefficient (Wildman–Crippen LogP) is -0.118. The van der Waals surface area contributed by atoms with Crippen molar-refractivity contribution in [2.75, 3.05) is 13.1 Å². The van der Waals surface area contributed by atoms with E-state index < -0.39 is 23.2 Å². The number of aromatic hydroxyl groups is 3. The van der Waals surface area contributed by atoms with Crippen molar-refractivity contribution in [2.24, 2.45) is 5.73 Å². The second-order valence-electron chi connectivity index (χ2n) is 3.26. The first-order chi connectivity index (χ1) is 7.56. The molecule has 0 bridgehead atoms. The van der Waals surface area contributed by atoms with Crippen LogP contribution >= 0.6 is 0 Å². The second kappa shape index (κ2) is 5.22. The number of amides is 1. The molecule has 0 aliphatic heterocycles. The fourth-order valence-corrected chi connectivity index (χ4v) is 1.14. The maximum Gasteiger partial charge on any atom is 0.251 e.